The Kier molecular flexibility index (Phi) is 3.89. The summed E-state index contributed by atoms with van der Waals surface area (Å²) in [6.07, 6.45) is 0. The van der Waals surface area contributed by atoms with Gasteiger partial charge in [0.2, 0.25) is 5.91 Å². The van der Waals surface area contributed by atoms with E-state index in [-0.39, 0.29) is 30.0 Å². The molecule has 1 aliphatic rings. The van der Waals surface area contributed by atoms with Gasteiger partial charge in [-0.1, -0.05) is 0 Å². The average Bonchev–Trinajstić information content (AvgIpc) is 2.43. The van der Waals surface area contributed by atoms with Gasteiger partial charge in [-0.15, -0.1) is 0 Å². The van der Waals surface area contributed by atoms with Crippen molar-refractivity contribution < 1.29 is 18.7 Å². The lowest BCUT2D eigenvalue weighted by Gasteiger charge is -2.33. The summed E-state index contributed by atoms with van der Waals surface area (Å²) >= 11 is 0. The van der Waals surface area contributed by atoms with Crippen LogP contribution >= 0.6 is 0 Å². The topological polar surface area (TPSA) is 98.7 Å². The number of benzene rings is 1. The minimum absolute atomic E-state index is 0.0465. The molecule has 1 aliphatic heterocycles. The van der Waals surface area contributed by atoms with Gasteiger partial charge in [-0.3, -0.25) is 9.59 Å². The summed E-state index contributed by atoms with van der Waals surface area (Å²) in [5.41, 5.74) is 11.5. The van der Waals surface area contributed by atoms with Crippen LogP contribution in [0, 0.1) is 12.7 Å². The van der Waals surface area contributed by atoms with E-state index in [1.807, 2.05) is 0 Å². The van der Waals surface area contributed by atoms with Crippen LogP contribution in [0.3, 0.4) is 0 Å². The quantitative estimate of drug-likeness (QED) is 0.748. The highest BCUT2D eigenvalue weighted by Crippen LogP contribution is 2.20. The fraction of sp³-hybridized carbons (Fsp3) is 0.385. The van der Waals surface area contributed by atoms with Gasteiger partial charge in [0.05, 0.1) is 13.2 Å². The number of hydrogen-bond acceptors (Lipinski definition) is 4. The number of halogens is 1. The second-order valence-corrected chi connectivity index (χ2v) is 4.66. The highest BCUT2D eigenvalue weighted by atomic mass is 19.1. The van der Waals surface area contributed by atoms with E-state index in [0.29, 0.717) is 6.61 Å². The van der Waals surface area contributed by atoms with Crippen LogP contribution < -0.4 is 11.5 Å². The third-order valence-corrected chi connectivity index (χ3v) is 3.35. The van der Waals surface area contributed by atoms with Gasteiger partial charge in [0.25, 0.3) is 5.91 Å². The molecule has 7 heteroatoms. The van der Waals surface area contributed by atoms with Gasteiger partial charge >= 0.3 is 0 Å². The molecular weight excluding hydrogens is 265 g/mol. The maximum Gasteiger partial charge on any atom is 0.254 e. The van der Waals surface area contributed by atoms with Gasteiger partial charge in [0.1, 0.15) is 11.9 Å². The van der Waals surface area contributed by atoms with E-state index in [4.69, 9.17) is 16.2 Å². The Bertz CT molecular complexity index is 539. The lowest BCUT2D eigenvalue weighted by atomic mass is 10.1. The van der Waals surface area contributed by atoms with E-state index in [9.17, 15) is 14.0 Å². The number of ether oxygens (including phenoxy) is 1. The maximum atomic E-state index is 13.7. The van der Waals surface area contributed by atoms with Gasteiger partial charge in [-0.2, -0.15) is 0 Å². The normalized spacial score (nSPS) is 18.9. The zero-order valence-electron chi connectivity index (χ0n) is 11.1. The van der Waals surface area contributed by atoms with Crippen molar-refractivity contribution in [1.29, 1.82) is 0 Å². The number of hydrogen-bond donors (Lipinski definition) is 2. The first-order chi connectivity index (χ1) is 9.41. The monoisotopic (exact) mass is 281 g/mol. The number of rotatable bonds is 2. The van der Waals surface area contributed by atoms with Crippen molar-refractivity contribution in [3.05, 3.63) is 29.1 Å². The van der Waals surface area contributed by atoms with E-state index in [2.05, 4.69) is 0 Å². The van der Waals surface area contributed by atoms with Gasteiger partial charge in [-0.05, 0) is 19.1 Å². The smallest absolute Gasteiger partial charge is 0.254 e. The van der Waals surface area contributed by atoms with Crippen molar-refractivity contribution in [2.24, 2.45) is 5.73 Å². The first kappa shape index (κ1) is 14.3. The molecule has 0 aromatic heterocycles. The summed E-state index contributed by atoms with van der Waals surface area (Å²) in [7, 11) is 0. The molecule has 0 bridgehead atoms. The van der Waals surface area contributed by atoms with Gasteiger partial charge in [0.15, 0.2) is 0 Å². The van der Waals surface area contributed by atoms with Crippen molar-refractivity contribution in [2.75, 3.05) is 25.5 Å². The van der Waals surface area contributed by atoms with Gasteiger partial charge in [0, 0.05) is 23.4 Å². The third kappa shape index (κ3) is 2.57. The summed E-state index contributed by atoms with van der Waals surface area (Å²) in [5.74, 6) is -1.70. The molecule has 2 amide bonds. The van der Waals surface area contributed by atoms with Crippen molar-refractivity contribution in [3.8, 4) is 0 Å². The number of nitrogen functional groups attached to an aromatic ring is 1. The molecule has 0 saturated carbocycles. The Morgan fingerprint density at radius 1 is 1.45 bits per heavy atom. The molecule has 1 atom stereocenters. The van der Waals surface area contributed by atoms with E-state index >= 15 is 0 Å². The minimum Gasteiger partial charge on any atom is -0.398 e. The molecule has 6 nitrogen and oxygen atoms in total. The fourth-order valence-corrected chi connectivity index (χ4v) is 2.07. The molecule has 1 heterocycles. The molecular formula is C13H16FN3O3. The molecule has 20 heavy (non-hydrogen) atoms. The summed E-state index contributed by atoms with van der Waals surface area (Å²) in [6.45, 7) is 2.10. The highest BCUT2D eigenvalue weighted by Gasteiger charge is 2.32. The minimum atomic E-state index is -0.846. The Morgan fingerprint density at radius 2 is 2.15 bits per heavy atom. The van der Waals surface area contributed by atoms with E-state index in [0.717, 1.165) is 6.07 Å². The first-order valence-electron chi connectivity index (χ1n) is 6.15. The predicted octanol–water partition coefficient (Wildman–Crippen LogP) is 0.0426. The van der Waals surface area contributed by atoms with Crippen LogP contribution in [0.1, 0.15) is 15.9 Å². The number of anilines is 1. The van der Waals surface area contributed by atoms with E-state index in [1.165, 1.54) is 17.9 Å². The molecule has 1 saturated heterocycles. The molecule has 4 N–H and O–H groups in total. The van der Waals surface area contributed by atoms with Gasteiger partial charge in [-0.25, -0.2) is 4.39 Å². The Hall–Kier alpha value is -2.15. The molecule has 0 aliphatic carbocycles. The van der Waals surface area contributed by atoms with Gasteiger partial charge < -0.3 is 21.1 Å². The van der Waals surface area contributed by atoms with Crippen LogP contribution in [0.4, 0.5) is 10.1 Å². The van der Waals surface area contributed by atoms with E-state index < -0.39 is 23.7 Å². The molecule has 1 aromatic carbocycles. The molecule has 1 fully saturated rings. The largest absolute Gasteiger partial charge is 0.398 e. The van der Waals surface area contributed by atoms with Crippen LogP contribution in [-0.2, 0) is 9.53 Å². The standard InChI is InChI=1S/C13H16FN3O3/c1-7-9(14)4-8(5-10(7)15)13(19)17-2-3-20-6-11(17)12(16)18/h4-5,11H,2-3,6,15H2,1H3,(H2,16,18). The number of carbonyl (C=O) groups is 2. The highest BCUT2D eigenvalue weighted by molar-refractivity contribution is 5.98. The number of primary amides is 1. The predicted molar refractivity (Wildman–Crippen MR) is 70.4 cm³/mol. The lowest BCUT2D eigenvalue weighted by molar-refractivity contribution is -0.127. The first-order valence-corrected chi connectivity index (χ1v) is 6.15. The number of nitrogens with two attached hydrogens (primary N) is 2. The number of morpholine rings is 1. The van der Waals surface area contributed by atoms with Crippen molar-refractivity contribution in [2.45, 2.75) is 13.0 Å². The SMILES string of the molecule is Cc1c(N)cc(C(=O)N2CCOCC2C(N)=O)cc1F. The van der Waals surface area contributed by atoms with Crippen LogP contribution in [-0.4, -0.2) is 42.5 Å². The molecule has 1 aromatic rings. The fourth-order valence-electron chi connectivity index (χ4n) is 2.07. The third-order valence-electron chi connectivity index (χ3n) is 3.35. The van der Waals surface area contributed by atoms with Crippen molar-refractivity contribution in [1.82, 2.24) is 4.90 Å². The molecule has 108 valence electrons. The summed E-state index contributed by atoms with van der Waals surface area (Å²) < 4.78 is 18.8. The number of amides is 2. The van der Waals surface area contributed by atoms with Crippen LogP contribution in [0.5, 0.6) is 0 Å². The summed E-state index contributed by atoms with van der Waals surface area (Å²) in [6, 6.07) is 1.66. The average molecular weight is 281 g/mol. The Labute approximate surface area is 115 Å². The molecule has 1 unspecified atom stereocenters. The zero-order valence-corrected chi connectivity index (χ0v) is 11.1. The lowest BCUT2D eigenvalue weighted by Crippen LogP contribution is -2.54. The number of carbonyl (C=O) groups excluding carboxylic acids is 2. The van der Waals surface area contributed by atoms with Crippen LogP contribution in [0.25, 0.3) is 0 Å². The Morgan fingerprint density at radius 3 is 2.75 bits per heavy atom. The molecule has 0 radical (unpaired) electrons. The Balaban J connectivity index is 2.32. The number of nitrogens with zero attached hydrogens (tertiary/aromatic N) is 1. The van der Waals surface area contributed by atoms with E-state index in [1.54, 1.807) is 0 Å². The second kappa shape index (κ2) is 5.46. The second-order valence-electron chi connectivity index (χ2n) is 4.66. The van der Waals surface area contributed by atoms with Crippen LogP contribution in [0.2, 0.25) is 0 Å². The van der Waals surface area contributed by atoms with Crippen LogP contribution in [0.15, 0.2) is 12.1 Å². The summed E-state index contributed by atoms with van der Waals surface area (Å²) in [4.78, 5) is 25.0. The summed E-state index contributed by atoms with van der Waals surface area (Å²) in [5, 5.41) is 0. The molecule has 0 spiro atoms. The van der Waals surface area contributed by atoms with Crippen molar-refractivity contribution >= 4 is 17.5 Å². The maximum absolute atomic E-state index is 13.7. The van der Waals surface area contributed by atoms with Crippen molar-refractivity contribution in [3.63, 3.8) is 0 Å². The zero-order chi connectivity index (χ0) is 14.9. The molecule has 2 rings (SSSR count).